The average molecular weight is 321 g/mol. The predicted octanol–water partition coefficient (Wildman–Crippen LogP) is 4.26. The summed E-state index contributed by atoms with van der Waals surface area (Å²) < 4.78 is 5.36. The Morgan fingerprint density at radius 1 is 0.957 bits per heavy atom. The van der Waals surface area contributed by atoms with Gasteiger partial charge in [0, 0.05) is 21.7 Å². The zero-order valence-corrected chi connectivity index (χ0v) is 12.7. The number of benzene rings is 2. The zero-order valence-electron chi connectivity index (χ0n) is 11.9. The van der Waals surface area contributed by atoms with Gasteiger partial charge in [0.2, 0.25) is 0 Å². The molecule has 0 unspecified atom stereocenters. The van der Waals surface area contributed by atoms with Gasteiger partial charge in [-0.2, -0.15) is 0 Å². The minimum atomic E-state index is -0.441. The Balaban J connectivity index is 1.84. The second kappa shape index (κ2) is 5.37. The summed E-state index contributed by atoms with van der Waals surface area (Å²) in [7, 11) is 0. The molecular weight excluding hydrogens is 310 g/mol. The van der Waals surface area contributed by atoms with Gasteiger partial charge in [-0.15, -0.1) is 11.3 Å². The lowest BCUT2D eigenvalue weighted by Crippen LogP contribution is -2.12. The highest BCUT2D eigenvalue weighted by molar-refractivity contribution is 7.16. The van der Waals surface area contributed by atoms with Gasteiger partial charge >= 0.3 is 5.63 Å². The lowest BCUT2D eigenvalue weighted by molar-refractivity contribution is 0.102. The van der Waals surface area contributed by atoms with Crippen LogP contribution in [0.3, 0.4) is 0 Å². The number of amides is 1. The fraction of sp³-hybridized carbons (Fsp3) is 0. The van der Waals surface area contributed by atoms with Gasteiger partial charge in [0.05, 0.1) is 0 Å². The van der Waals surface area contributed by atoms with Crippen molar-refractivity contribution in [3.63, 3.8) is 0 Å². The first-order valence-electron chi connectivity index (χ1n) is 7.03. The van der Waals surface area contributed by atoms with Crippen molar-refractivity contribution in [1.29, 1.82) is 0 Å². The Kier molecular flexibility index (Phi) is 3.20. The van der Waals surface area contributed by atoms with Crippen molar-refractivity contribution in [2.75, 3.05) is 5.32 Å². The van der Waals surface area contributed by atoms with Crippen LogP contribution >= 0.6 is 11.3 Å². The molecule has 0 aliphatic carbocycles. The molecule has 5 heteroatoms. The van der Waals surface area contributed by atoms with Crippen molar-refractivity contribution < 1.29 is 9.21 Å². The van der Waals surface area contributed by atoms with Crippen molar-refractivity contribution >= 4 is 44.0 Å². The Morgan fingerprint density at radius 2 is 1.70 bits per heavy atom. The Hall–Kier alpha value is -2.92. The molecule has 0 bridgehead atoms. The lowest BCUT2D eigenvalue weighted by atomic mass is 10.1. The van der Waals surface area contributed by atoms with E-state index < -0.39 is 5.63 Å². The standard InChI is InChI=1S/C18H11NO3S/c20-16(11-6-2-1-3-7-11)19-17-15-13(10-23-17)12-8-4-5-9-14(12)22-18(15)21/h1-10H,(H,19,20). The monoisotopic (exact) mass is 321 g/mol. The summed E-state index contributed by atoms with van der Waals surface area (Å²) in [5.74, 6) is -0.248. The van der Waals surface area contributed by atoms with E-state index in [1.807, 2.05) is 29.6 Å². The van der Waals surface area contributed by atoms with E-state index in [4.69, 9.17) is 4.42 Å². The van der Waals surface area contributed by atoms with E-state index in [-0.39, 0.29) is 5.91 Å². The fourth-order valence-electron chi connectivity index (χ4n) is 2.54. The molecule has 4 aromatic rings. The smallest absolute Gasteiger partial charge is 0.347 e. The molecule has 4 rings (SSSR count). The van der Waals surface area contributed by atoms with Gasteiger partial charge in [-0.3, -0.25) is 4.79 Å². The molecule has 2 aromatic heterocycles. The summed E-state index contributed by atoms with van der Waals surface area (Å²) in [6.07, 6.45) is 0. The van der Waals surface area contributed by atoms with Crippen molar-refractivity contribution in [2.24, 2.45) is 0 Å². The number of rotatable bonds is 2. The Bertz CT molecular complexity index is 1080. The number of para-hydroxylation sites is 1. The summed E-state index contributed by atoms with van der Waals surface area (Å²) >= 11 is 1.32. The van der Waals surface area contributed by atoms with Crippen LogP contribution < -0.4 is 10.9 Å². The minimum Gasteiger partial charge on any atom is -0.422 e. The summed E-state index contributed by atoms with van der Waals surface area (Å²) in [4.78, 5) is 24.6. The summed E-state index contributed by atoms with van der Waals surface area (Å²) in [6, 6.07) is 16.3. The number of fused-ring (bicyclic) bond motifs is 3. The minimum absolute atomic E-state index is 0.248. The number of hydrogen-bond donors (Lipinski definition) is 1. The largest absolute Gasteiger partial charge is 0.422 e. The van der Waals surface area contributed by atoms with E-state index in [0.29, 0.717) is 21.5 Å². The van der Waals surface area contributed by atoms with Crippen molar-refractivity contribution in [2.45, 2.75) is 0 Å². The maximum Gasteiger partial charge on any atom is 0.347 e. The van der Waals surface area contributed by atoms with Crippen LogP contribution in [-0.2, 0) is 0 Å². The van der Waals surface area contributed by atoms with E-state index in [1.165, 1.54) is 11.3 Å². The first-order chi connectivity index (χ1) is 11.2. The number of thiophene rings is 1. The molecule has 0 radical (unpaired) electrons. The van der Waals surface area contributed by atoms with E-state index in [1.54, 1.807) is 30.3 Å². The highest BCUT2D eigenvalue weighted by atomic mass is 32.1. The molecule has 0 aliphatic rings. The third-order valence-corrected chi connectivity index (χ3v) is 4.53. The number of carbonyl (C=O) groups is 1. The molecule has 0 spiro atoms. The number of carbonyl (C=O) groups excluding carboxylic acids is 1. The van der Waals surface area contributed by atoms with Crippen molar-refractivity contribution in [1.82, 2.24) is 0 Å². The van der Waals surface area contributed by atoms with Crippen LogP contribution in [-0.4, -0.2) is 5.91 Å². The van der Waals surface area contributed by atoms with Crippen LogP contribution in [0.4, 0.5) is 5.00 Å². The fourth-order valence-corrected chi connectivity index (χ4v) is 3.49. The zero-order chi connectivity index (χ0) is 15.8. The maximum absolute atomic E-state index is 12.3. The quantitative estimate of drug-likeness (QED) is 0.561. The Labute approximate surface area is 135 Å². The summed E-state index contributed by atoms with van der Waals surface area (Å²) in [5.41, 5.74) is 0.645. The SMILES string of the molecule is O=C(Nc1scc2c1c(=O)oc1ccccc12)c1ccccc1. The molecular formula is C18H11NO3S. The second-order valence-corrected chi connectivity index (χ2v) is 5.94. The van der Waals surface area contributed by atoms with Crippen LogP contribution in [0.15, 0.2) is 69.2 Å². The molecule has 4 nitrogen and oxygen atoms in total. The van der Waals surface area contributed by atoms with Crippen LogP contribution in [0.1, 0.15) is 10.4 Å². The molecule has 23 heavy (non-hydrogen) atoms. The molecule has 2 heterocycles. The van der Waals surface area contributed by atoms with E-state index >= 15 is 0 Å². The Morgan fingerprint density at radius 3 is 2.52 bits per heavy atom. The van der Waals surface area contributed by atoms with E-state index in [0.717, 1.165) is 10.8 Å². The molecule has 112 valence electrons. The van der Waals surface area contributed by atoms with Gasteiger partial charge in [0.25, 0.3) is 5.91 Å². The molecule has 0 saturated heterocycles. The highest BCUT2D eigenvalue weighted by Gasteiger charge is 2.16. The van der Waals surface area contributed by atoms with Gasteiger partial charge < -0.3 is 9.73 Å². The molecule has 0 saturated carbocycles. The van der Waals surface area contributed by atoms with Crippen molar-refractivity contribution in [3.05, 3.63) is 76.0 Å². The first kappa shape index (κ1) is 13.7. The molecule has 0 aliphatic heterocycles. The summed E-state index contributed by atoms with van der Waals surface area (Å²) in [6.45, 7) is 0. The lowest BCUT2D eigenvalue weighted by Gasteiger charge is -2.03. The van der Waals surface area contributed by atoms with Crippen LogP contribution in [0.5, 0.6) is 0 Å². The van der Waals surface area contributed by atoms with Gasteiger partial charge in [-0.25, -0.2) is 4.79 Å². The number of anilines is 1. The molecule has 1 amide bonds. The van der Waals surface area contributed by atoms with E-state index in [9.17, 15) is 9.59 Å². The van der Waals surface area contributed by atoms with Gasteiger partial charge in [0.15, 0.2) is 0 Å². The van der Waals surface area contributed by atoms with E-state index in [2.05, 4.69) is 5.32 Å². The van der Waals surface area contributed by atoms with Gasteiger partial charge in [-0.05, 0) is 18.2 Å². The molecule has 2 aromatic carbocycles. The molecule has 0 fully saturated rings. The van der Waals surface area contributed by atoms with Gasteiger partial charge in [-0.1, -0.05) is 36.4 Å². The molecule has 1 N–H and O–H groups in total. The van der Waals surface area contributed by atoms with Crippen molar-refractivity contribution in [3.8, 4) is 0 Å². The normalized spacial score (nSPS) is 11.0. The first-order valence-corrected chi connectivity index (χ1v) is 7.91. The third kappa shape index (κ3) is 2.31. The molecule has 0 atom stereocenters. The van der Waals surface area contributed by atoms with Crippen LogP contribution in [0.2, 0.25) is 0 Å². The third-order valence-electron chi connectivity index (χ3n) is 3.64. The highest BCUT2D eigenvalue weighted by Crippen LogP contribution is 2.33. The van der Waals surface area contributed by atoms with Gasteiger partial charge in [0.1, 0.15) is 16.0 Å². The maximum atomic E-state index is 12.3. The van der Waals surface area contributed by atoms with Crippen LogP contribution in [0.25, 0.3) is 21.7 Å². The topological polar surface area (TPSA) is 59.3 Å². The average Bonchev–Trinajstić information content (AvgIpc) is 3.00. The number of nitrogens with one attached hydrogen (secondary N) is 1. The second-order valence-electron chi connectivity index (χ2n) is 5.06. The predicted molar refractivity (Wildman–Crippen MR) is 92.3 cm³/mol. The summed E-state index contributed by atoms with van der Waals surface area (Å²) in [5, 5.41) is 7.26. The van der Waals surface area contributed by atoms with Crippen LogP contribution in [0, 0.1) is 0 Å². The number of hydrogen-bond acceptors (Lipinski definition) is 4.